The summed E-state index contributed by atoms with van der Waals surface area (Å²) in [6.07, 6.45) is 0. The summed E-state index contributed by atoms with van der Waals surface area (Å²) in [4.78, 5) is 13.6. The molecule has 1 aromatic heterocycles. The molecule has 0 radical (unpaired) electrons. The van der Waals surface area contributed by atoms with E-state index in [4.69, 9.17) is 9.47 Å². The van der Waals surface area contributed by atoms with Crippen molar-refractivity contribution in [1.82, 2.24) is 4.57 Å². The lowest BCUT2D eigenvalue weighted by atomic mass is 10.0. The maximum atomic E-state index is 12.0. The maximum absolute atomic E-state index is 12.0. The van der Waals surface area contributed by atoms with Crippen LogP contribution in [0.1, 0.15) is 12.5 Å². The number of amides is 1. The molecule has 136 valence electrons. The van der Waals surface area contributed by atoms with E-state index in [0.717, 1.165) is 27.9 Å². The molecular formula is C21H19N3O3. The largest absolute Gasteiger partial charge is 0.497 e. The number of aromatic nitrogens is 1. The molecule has 27 heavy (non-hydrogen) atoms. The van der Waals surface area contributed by atoms with Gasteiger partial charge in [-0.15, -0.1) is 0 Å². The number of hydrogen-bond acceptors (Lipinski definition) is 4. The minimum Gasteiger partial charge on any atom is -0.497 e. The van der Waals surface area contributed by atoms with E-state index in [0.29, 0.717) is 23.5 Å². The lowest BCUT2D eigenvalue weighted by Crippen LogP contribution is -2.35. The van der Waals surface area contributed by atoms with Crippen LogP contribution in [0.15, 0.2) is 36.4 Å². The first-order valence-electron chi connectivity index (χ1n) is 8.73. The van der Waals surface area contributed by atoms with Gasteiger partial charge < -0.3 is 18.9 Å². The normalized spacial score (nSPS) is 13.3. The molecule has 6 nitrogen and oxygen atoms in total. The second kappa shape index (κ2) is 6.36. The number of hydrogen-bond donors (Lipinski definition) is 0. The summed E-state index contributed by atoms with van der Waals surface area (Å²) in [5.41, 5.74) is 3.96. The molecule has 0 bridgehead atoms. The van der Waals surface area contributed by atoms with Crippen LogP contribution in [0.3, 0.4) is 0 Å². The first-order valence-corrected chi connectivity index (χ1v) is 8.73. The van der Waals surface area contributed by atoms with Crippen LogP contribution in [-0.4, -0.2) is 31.2 Å². The van der Waals surface area contributed by atoms with Gasteiger partial charge in [0.25, 0.3) is 5.91 Å². The molecule has 0 spiro atoms. The Balaban J connectivity index is 1.99. The number of anilines is 1. The van der Waals surface area contributed by atoms with Crippen LogP contribution in [0, 0.1) is 11.3 Å². The van der Waals surface area contributed by atoms with E-state index in [1.807, 2.05) is 43.3 Å². The summed E-state index contributed by atoms with van der Waals surface area (Å²) in [6.45, 7) is 2.78. The van der Waals surface area contributed by atoms with Crippen molar-refractivity contribution in [3.05, 3.63) is 42.0 Å². The van der Waals surface area contributed by atoms with E-state index < -0.39 is 0 Å². The number of nitrogens with zero attached hydrogens (tertiary/aromatic N) is 3. The van der Waals surface area contributed by atoms with Crippen molar-refractivity contribution >= 4 is 22.5 Å². The van der Waals surface area contributed by atoms with Crippen LogP contribution in [-0.2, 0) is 11.3 Å². The van der Waals surface area contributed by atoms with E-state index in [-0.39, 0.29) is 12.5 Å². The number of benzene rings is 2. The van der Waals surface area contributed by atoms with Crippen molar-refractivity contribution in [1.29, 1.82) is 5.26 Å². The highest BCUT2D eigenvalue weighted by Gasteiger charge is 2.25. The van der Waals surface area contributed by atoms with Gasteiger partial charge in [0.1, 0.15) is 17.6 Å². The lowest BCUT2D eigenvalue weighted by Gasteiger charge is -2.26. The molecule has 0 N–H and O–H groups in total. The average molecular weight is 361 g/mol. The van der Waals surface area contributed by atoms with Crippen molar-refractivity contribution in [2.24, 2.45) is 0 Å². The second-order valence-electron chi connectivity index (χ2n) is 6.39. The molecule has 1 aliphatic heterocycles. The number of fused-ring (bicyclic) bond motifs is 2. The highest BCUT2D eigenvalue weighted by molar-refractivity contribution is 5.99. The Kier molecular flexibility index (Phi) is 4.00. The molecule has 0 saturated carbocycles. The summed E-state index contributed by atoms with van der Waals surface area (Å²) in [6, 6.07) is 13.8. The number of ether oxygens (including phenoxy) is 2. The van der Waals surface area contributed by atoms with Crippen LogP contribution >= 0.6 is 0 Å². The Labute approximate surface area is 157 Å². The Morgan fingerprint density at radius 1 is 1.26 bits per heavy atom. The summed E-state index contributed by atoms with van der Waals surface area (Å²) in [7, 11) is 3.36. The monoisotopic (exact) mass is 361 g/mol. The quantitative estimate of drug-likeness (QED) is 0.715. The highest BCUT2D eigenvalue weighted by atomic mass is 16.5. The number of aryl methyl sites for hydroxylation is 1. The zero-order valence-corrected chi connectivity index (χ0v) is 15.4. The van der Waals surface area contributed by atoms with Crippen LogP contribution < -0.4 is 14.4 Å². The molecule has 6 heteroatoms. The van der Waals surface area contributed by atoms with Crippen LogP contribution in [0.5, 0.6) is 11.5 Å². The molecule has 1 aliphatic rings. The fraction of sp³-hybridized carbons (Fsp3) is 0.238. The Hall–Kier alpha value is -3.46. The van der Waals surface area contributed by atoms with Gasteiger partial charge in [-0.1, -0.05) is 0 Å². The zero-order valence-electron chi connectivity index (χ0n) is 15.4. The number of carbonyl (C=O) groups excluding carboxylic acids is 1. The van der Waals surface area contributed by atoms with Crippen LogP contribution in [0.4, 0.5) is 5.69 Å². The van der Waals surface area contributed by atoms with Gasteiger partial charge in [0, 0.05) is 30.6 Å². The third-order valence-electron chi connectivity index (χ3n) is 5.02. The fourth-order valence-electron chi connectivity index (χ4n) is 3.62. The predicted octanol–water partition coefficient (Wildman–Crippen LogP) is 3.56. The first-order chi connectivity index (χ1) is 13.1. The Morgan fingerprint density at radius 3 is 2.78 bits per heavy atom. The van der Waals surface area contributed by atoms with Gasteiger partial charge in [0.2, 0.25) is 0 Å². The maximum Gasteiger partial charge on any atom is 0.264 e. The number of carbonyl (C=O) groups is 1. The van der Waals surface area contributed by atoms with Crippen molar-refractivity contribution in [2.45, 2.75) is 13.5 Å². The molecule has 0 fully saturated rings. The van der Waals surface area contributed by atoms with Gasteiger partial charge in [-0.2, -0.15) is 5.26 Å². The molecule has 4 rings (SSSR count). The summed E-state index contributed by atoms with van der Waals surface area (Å²) >= 11 is 0. The van der Waals surface area contributed by atoms with E-state index in [9.17, 15) is 10.1 Å². The van der Waals surface area contributed by atoms with Crippen molar-refractivity contribution < 1.29 is 14.3 Å². The Morgan fingerprint density at radius 2 is 2.07 bits per heavy atom. The van der Waals surface area contributed by atoms with E-state index in [1.54, 1.807) is 19.1 Å². The summed E-state index contributed by atoms with van der Waals surface area (Å²) in [5.74, 6) is 1.32. The third-order valence-corrected chi connectivity index (χ3v) is 5.02. The molecular weight excluding hydrogens is 342 g/mol. The molecule has 0 saturated heterocycles. The van der Waals surface area contributed by atoms with Crippen LogP contribution in [0.2, 0.25) is 0 Å². The summed E-state index contributed by atoms with van der Waals surface area (Å²) < 4.78 is 13.0. The van der Waals surface area contributed by atoms with Gasteiger partial charge in [-0.25, -0.2) is 0 Å². The van der Waals surface area contributed by atoms with Crippen LogP contribution in [0.25, 0.3) is 22.2 Å². The SMILES string of the molecule is CCn1c(-c2ccc3c(c2)N(C)C(=O)CO3)c(C#N)c2ccc(OC)cc21. The number of likely N-dealkylation sites (N-methyl/N-ethyl adjacent to an activating group) is 1. The van der Waals surface area contributed by atoms with Crippen molar-refractivity contribution in [3.63, 3.8) is 0 Å². The van der Waals surface area contributed by atoms with E-state index in [1.165, 1.54) is 0 Å². The number of nitriles is 1. The minimum atomic E-state index is -0.0964. The molecule has 0 aliphatic carbocycles. The zero-order chi connectivity index (χ0) is 19.1. The molecule has 0 atom stereocenters. The fourth-order valence-corrected chi connectivity index (χ4v) is 3.62. The van der Waals surface area contributed by atoms with Gasteiger partial charge in [-0.3, -0.25) is 4.79 Å². The van der Waals surface area contributed by atoms with Crippen molar-refractivity contribution in [2.75, 3.05) is 25.7 Å². The second-order valence-corrected chi connectivity index (χ2v) is 6.39. The van der Waals surface area contributed by atoms with E-state index in [2.05, 4.69) is 10.6 Å². The van der Waals surface area contributed by atoms with Gasteiger partial charge in [0.15, 0.2) is 6.61 Å². The van der Waals surface area contributed by atoms with Gasteiger partial charge in [0.05, 0.1) is 29.6 Å². The van der Waals surface area contributed by atoms with Crippen molar-refractivity contribution in [3.8, 4) is 28.8 Å². The third kappa shape index (κ3) is 2.51. The average Bonchev–Trinajstić information content (AvgIpc) is 3.03. The molecule has 1 amide bonds. The predicted molar refractivity (Wildman–Crippen MR) is 103 cm³/mol. The van der Waals surface area contributed by atoms with E-state index >= 15 is 0 Å². The minimum absolute atomic E-state index is 0.0430. The molecule has 0 unspecified atom stereocenters. The molecule has 3 aromatic rings. The number of methoxy groups -OCH3 is 1. The lowest BCUT2D eigenvalue weighted by molar-refractivity contribution is -0.120. The summed E-state index contributed by atoms with van der Waals surface area (Å²) in [5, 5.41) is 10.7. The van der Waals surface area contributed by atoms with Gasteiger partial charge in [-0.05, 0) is 37.3 Å². The topological polar surface area (TPSA) is 67.5 Å². The molecule has 2 heterocycles. The smallest absolute Gasteiger partial charge is 0.264 e. The standard InChI is InChI=1S/C21H19N3O3/c1-4-24-17-10-14(26-3)6-7-15(17)16(11-22)21(24)13-5-8-19-18(9-13)23(2)20(25)12-27-19/h5-10H,4,12H2,1-3H3. The highest BCUT2D eigenvalue weighted by Crippen LogP contribution is 2.39. The number of rotatable bonds is 3. The molecule has 2 aromatic carbocycles. The first kappa shape index (κ1) is 17.0. The van der Waals surface area contributed by atoms with Gasteiger partial charge >= 0.3 is 0 Å². The Bertz CT molecular complexity index is 1110.